The number of hydrogen-bond acceptors (Lipinski definition) is 2. The summed E-state index contributed by atoms with van der Waals surface area (Å²) < 4.78 is 5.67. The summed E-state index contributed by atoms with van der Waals surface area (Å²) in [6.45, 7) is 5.83. The Morgan fingerprint density at radius 3 is 2.67 bits per heavy atom. The van der Waals surface area contributed by atoms with E-state index >= 15 is 0 Å². The van der Waals surface area contributed by atoms with Crippen molar-refractivity contribution in [1.29, 1.82) is 0 Å². The van der Waals surface area contributed by atoms with Gasteiger partial charge in [0.2, 0.25) is 0 Å². The van der Waals surface area contributed by atoms with Crippen LogP contribution in [0.25, 0.3) is 0 Å². The Balaban J connectivity index is 1.99. The minimum Gasteiger partial charge on any atom is -0.481 e. The van der Waals surface area contributed by atoms with E-state index in [0.717, 1.165) is 17.7 Å². The first-order valence-corrected chi connectivity index (χ1v) is 7.21. The molecule has 0 bridgehead atoms. The quantitative estimate of drug-likeness (QED) is 0.902. The molecule has 2 aromatic rings. The van der Waals surface area contributed by atoms with Gasteiger partial charge in [0.15, 0.2) is 6.10 Å². The number of carbonyl (C=O) groups excluding carboxylic acids is 1. The molecular formula is C18H21NO2. The number of amides is 1. The van der Waals surface area contributed by atoms with Crippen LogP contribution in [0.1, 0.15) is 25.0 Å². The second kappa shape index (κ2) is 6.93. The summed E-state index contributed by atoms with van der Waals surface area (Å²) in [5.74, 6) is 0.560. The zero-order valence-corrected chi connectivity index (χ0v) is 12.7. The summed E-state index contributed by atoms with van der Waals surface area (Å²) in [4.78, 5) is 12.2. The first-order valence-electron chi connectivity index (χ1n) is 7.21. The van der Waals surface area contributed by atoms with Gasteiger partial charge < -0.3 is 10.1 Å². The maximum absolute atomic E-state index is 12.2. The number of hydrogen-bond donors (Lipinski definition) is 1. The lowest BCUT2D eigenvalue weighted by Crippen LogP contribution is -2.30. The largest absolute Gasteiger partial charge is 0.481 e. The monoisotopic (exact) mass is 283 g/mol. The van der Waals surface area contributed by atoms with Crippen LogP contribution in [-0.4, -0.2) is 12.0 Å². The van der Waals surface area contributed by atoms with Crippen molar-refractivity contribution >= 4 is 11.6 Å². The Morgan fingerprint density at radius 1 is 1.19 bits per heavy atom. The van der Waals surface area contributed by atoms with Crippen molar-refractivity contribution in [3.8, 4) is 5.75 Å². The van der Waals surface area contributed by atoms with Crippen molar-refractivity contribution in [2.24, 2.45) is 0 Å². The van der Waals surface area contributed by atoms with Crippen LogP contribution in [0.5, 0.6) is 5.75 Å². The lowest BCUT2D eigenvalue weighted by molar-refractivity contribution is -0.122. The smallest absolute Gasteiger partial charge is 0.265 e. The second-order valence-electron chi connectivity index (χ2n) is 5.12. The molecular weight excluding hydrogens is 262 g/mol. The molecule has 0 aliphatic heterocycles. The third kappa shape index (κ3) is 4.35. The molecule has 1 atom stereocenters. The van der Waals surface area contributed by atoms with Gasteiger partial charge in [-0.1, -0.05) is 31.2 Å². The van der Waals surface area contributed by atoms with Gasteiger partial charge in [-0.25, -0.2) is 0 Å². The van der Waals surface area contributed by atoms with Crippen LogP contribution in [0.3, 0.4) is 0 Å². The van der Waals surface area contributed by atoms with Crippen LogP contribution in [-0.2, 0) is 11.2 Å². The maximum Gasteiger partial charge on any atom is 0.265 e. The average molecular weight is 283 g/mol. The molecule has 0 aliphatic carbocycles. The number of benzene rings is 2. The zero-order chi connectivity index (χ0) is 15.2. The molecule has 3 heteroatoms. The van der Waals surface area contributed by atoms with Crippen LogP contribution in [0.4, 0.5) is 5.69 Å². The van der Waals surface area contributed by atoms with Gasteiger partial charge in [0.1, 0.15) is 5.75 Å². The van der Waals surface area contributed by atoms with Gasteiger partial charge in [-0.15, -0.1) is 0 Å². The van der Waals surface area contributed by atoms with E-state index < -0.39 is 6.10 Å². The Bertz CT molecular complexity index is 622. The number of rotatable bonds is 5. The Hall–Kier alpha value is -2.29. The first-order chi connectivity index (χ1) is 10.1. The molecule has 0 saturated carbocycles. The fourth-order valence-corrected chi connectivity index (χ4v) is 2.06. The molecule has 0 saturated heterocycles. The van der Waals surface area contributed by atoms with Gasteiger partial charge in [0.25, 0.3) is 5.91 Å². The van der Waals surface area contributed by atoms with Crippen LogP contribution in [0, 0.1) is 6.92 Å². The van der Waals surface area contributed by atoms with Crippen LogP contribution in [0.15, 0.2) is 48.5 Å². The lowest BCUT2D eigenvalue weighted by atomic mass is 10.1. The van der Waals surface area contributed by atoms with Gasteiger partial charge in [0.05, 0.1) is 0 Å². The van der Waals surface area contributed by atoms with Crippen molar-refractivity contribution in [3.63, 3.8) is 0 Å². The Morgan fingerprint density at radius 2 is 1.95 bits per heavy atom. The summed E-state index contributed by atoms with van der Waals surface area (Å²) in [7, 11) is 0. The van der Waals surface area contributed by atoms with Gasteiger partial charge in [0, 0.05) is 5.69 Å². The molecule has 2 aromatic carbocycles. The predicted octanol–water partition coefficient (Wildman–Crippen LogP) is 3.96. The molecule has 1 N–H and O–H groups in total. The molecule has 0 heterocycles. The van der Waals surface area contributed by atoms with Crippen molar-refractivity contribution in [2.75, 3.05) is 5.32 Å². The normalized spacial score (nSPS) is 11.8. The minimum atomic E-state index is -0.544. The molecule has 0 fully saturated rings. The summed E-state index contributed by atoms with van der Waals surface area (Å²) in [5.41, 5.74) is 3.11. The van der Waals surface area contributed by atoms with Crippen molar-refractivity contribution in [2.45, 2.75) is 33.3 Å². The van der Waals surface area contributed by atoms with E-state index in [9.17, 15) is 4.79 Å². The van der Waals surface area contributed by atoms with E-state index in [2.05, 4.69) is 12.2 Å². The van der Waals surface area contributed by atoms with Gasteiger partial charge in [-0.2, -0.15) is 0 Å². The number of nitrogens with one attached hydrogen (secondary N) is 1. The average Bonchev–Trinajstić information content (AvgIpc) is 2.47. The molecule has 110 valence electrons. The van der Waals surface area contributed by atoms with Crippen LogP contribution in [0.2, 0.25) is 0 Å². The van der Waals surface area contributed by atoms with Gasteiger partial charge in [-0.05, 0) is 55.7 Å². The molecule has 1 amide bonds. The fourth-order valence-electron chi connectivity index (χ4n) is 2.06. The summed E-state index contributed by atoms with van der Waals surface area (Å²) >= 11 is 0. The molecule has 0 spiro atoms. The highest BCUT2D eigenvalue weighted by molar-refractivity contribution is 5.94. The highest BCUT2D eigenvalue weighted by Gasteiger charge is 2.15. The SMILES string of the molecule is CCc1cccc(NC(=O)C(C)Oc2cccc(C)c2)c1. The van der Waals surface area contributed by atoms with Crippen molar-refractivity contribution in [1.82, 2.24) is 0 Å². The summed E-state index contributed by atoms with van der Waals surface area (Å²) in [6.07, 6.45) is 0.399. The molecule has 0 radical (unpaired) electrons. The van der Waals surface area contributed by atoms with Crippen molar-refractivity contribution in [3.05, 3.63) is 59.7 Å². The number of anilines is 1. The third-order valence-corrected chi connectivity index (χ3v) is 3.27. The number of carbonyl (C=O) groups is 1. The number of ether oxygens (including phenoxy) is 1. The molecule has 1 unspecified atom stereocenters. The summed E-state index contributed by atoms with van der Waals surface area (Å²) in [6, 6.07) is 15.5. The van der Waals surface area contributed by atoms with E-state index in [1.165, 1.54) is 5.56 Å². The predicted molar refractivity (Wildman–Crippen MR) is 85.7 cm³/mol. The van der Waals surface area contributed by atoms with E-state index in [4.69, 9.17) is 4.74 Å². The molecule has 3 nitrogen and oxygen atoms in total. The molecule has 2 rings (SSSR count). The summed E-state index contributed by atoms with van der Waals surface area (Å²) in [5, 5.41) is 2.89. The third-order valence-electron chi connectivity index (χ3n) is 3.27. The van der Waals surface area contributed by atoms with E-state index in [0.29, 0.717) is 5.75 Å². The van der Waals surface area contributed by atoms with Crippen LogP contribution >= 0.6 is 0 Å². The van der Waals surface area contributed by atoms with Crippen LogP contribution < -0.4 is 10.1 Å². The first kappa shape index (κ1) is 15.1. The highest BCUT2D eigenvalue weighted by atomic mass is 16.5. The molecule has 21 heavy (non-hydrogen) atoms. The van der Waals surface area contributed by atoms with E-state index in [1.54, 1.807) is 6.92 Å². The highest BCUT2D eigenvalue weighted by Crippen LogP contribution is 2.16. The minimum absolute atomic E-state index is 0.148. The van der Waals surface area contributed by atoms with Gasteiger partial charge >= 0.3 is 0 Å². The number of aryl methyl sites for hydroxylation is 2. The van der Waals surface area contributed by atoms with Crippen molar-refractivity contribution < 1.29 is 9.53 Å². The topological polar surface area (TPSA) is 38.3 Å². The fraction of sp³-hybridized carbons (Fsp3) is 0.278. The standard InChI is InChI=1S/C18H21NO2/c1-4-15-8-6-9-16(12-15)19-18(20)14(3)21-17-10-5-7-13(2)11-17/h5-12,14H,4H2,1-3H3,(H,19,20). The Kier molecular flexibility index (Phi) is 4.99. The van der Waals surface area contributed by atoms with Gasteiger partial charge in [-0.3, -0.25) is 4.79 Å². The maximum atomic E-state index is 12.2. The molecule has 0 aliphatic rings. The Labute approximate surface area is 126 Å². The van der Waals surface area contributed by atoms with E-state index in [1.807, 2.05) is 55.5 Å². The molecule has 0 aromatic heterocycles. The zero-order valence-electron chi connectivity index (χ0n) is 12.7. The lowest BCUT2D eigenvalue weighted by Gasteiger charge is -2.15. The van der Waals surface area contributed by atoms with E-state index in [-0.39, 0.29) is 5.91 Å². The second-order valence-corrected chi connectivity index (χ2v) is 5.12.